The maximum Gasteiger partial charge on any atom is 0.191 e. The molecular weight excluding hydrogens is 300 g/mol. The van der Waals surface area contributed by atoms with Crippen LogP contribution in [0.5, 0.6) is 0 Å². The molecule has 0 unspecified atom stereocenters. The number of aliphatic hydroxyl groups excluding tert-OH is 1. The SMILES string of the molecule is CC(C)(C)[Si](C)(C)OCCCC(=C=Cc1ccccc1)CCO. The molecule has 0 aliphatic heterocycles. The zero-order valence-corrected chi connectivity index (χ0v) is 16.4. The second-order valence-corrected chi connectivity index (χ2v) is 12.3. The Hall–Kier alpha value is -1.12. The van der Waals surface area contributed by atoms with Gasteiger partial charge in [-0.05, 0) is 54.6 Å². The molecule has 0 spiro atoms. The second-order valence-electron chi connectivity index (χ2n) is 7.49. The number of rotatable bonds is 8. The average Bonchev–Trinajstić information content (AvgIpc) is 2.49. The van der Waals surface area contributed by atoms with Crippen molar-refractivity contribution in [1.82, 2.24) is 0 Å². The molecule has 0 saturated heterocycles. The molecule has 0 heterocycles. The molecule has 0 atom stereocenters. The van der Waals surface area contributed by atoms with E-state index in [1.807, 2.05) is 24.3 Å². The summed E-state index contributed by atoms with van der Waals surface area (Å²) in [4.78, 5) is 0. The van der Waals surface area contributed by atoms with Gasteiger partial charge in [0.1, 0.15) is 0 Å². The van der Waals surface area contributed by atoms with Gasteiger partial charge in [-0.1, -0.05) is 51.1 Å². The maximum absolute atomic E-state index is 9.23. The fraction of sp³-hybridized carbons (Fsp3) is 0.550. The van der Waals surface area contributed by atoms with Gasteiger partial charge >= 0.3 is 0 Å². The van der Waals surface area contributed by atoms with E-state index in [9.17, 15) is 5.11 Å². The third-order valence-electron chi connectivity index (χ3n) is 4.55. The van der Waals surface area contributed by atoms with Crippen LogP contribution in [0.2, 0.25) is 18.1 Å². The lowest BCUT2D eigenvalue weighted by Crippen LogP contribution is -2.40. The van der Waals surface area contributed by atoms with Crippen LogP contribution in [-0.4, -0.2) is 26.6 Å². The smallest absolute Gasteiger partial charge is 0.191 e. The first-order valence-corrected chi connectivity index (χ1v) is 11.4. The monoisotopic (exact) mass is 332 g/mol. The van der Waals surface area contributed by atoms with Gasteiger partial charge in [-0.2, -0.15) is 0 Å². The maximum atomic E-state index is 9.23. The first-order valence-electron chi connectivity index (χ1n) is 8.50. The summed E-state index contributed by atoms with van der Waals surface area (Å²) in [5.74, 6) is 0. The van der Waals surface area contributed by atoms with Gasteiger partial charge in [0.2, 0.25) is 0 Å². The molecule has 0 radical (unpaired) electrons. The summed E-state index contributed by atoms with van der Waals surface area (Å²) >= 11 is 0. The highest BCUT2D eigenvalue weighted by atomic mass is 28.4. The quantitative estimate of drug-likeness (QED) is 0.392. The van der Waals surface area contributed by atoms with E-state index >= 15 is 0 Å². The van der Waals surface area contributed by atoms with Crippen molar-refractivity contribution >= 4 is 14.4 Å². The standard InChI is InChI=1S/C20H32O2Si/c1-20(2,3)23(4,5)22-17-9-12-19(15-16-21)14-13-18-10-7-6-8-11-18/h6-8,10-11,13,21H,9,12,15-17H2,1-5H3. The van der Waals surface area contributed by atoms with Crippen molar-refractivity contribution in [1.29, 1.82) is 0 Å². The summed E-state index contributed by atoms with van der Waals surface area (Å²) in [6.45, 7) is 12.3. The zero-order chi connectivity index (χ0) is 17.3. The summed E-state index contributed by atoms with van der Waals surface area (Å²) in [5, 5.41) is 9.48. The summed E-state index contributed by atoms with van der Waals surface area (Å²) in [5.41, 5.74) is 5.65. The van der Waals surface area contributed by atoms with E-state index in [0.717, 1.165) is 30.6 Å². The summed E-state index contributed by atoms with van der Waals surface area (Å²) in [6, 6.07) is 10.2. The molecule has 0 bridgehead atoms. The van der Waals surface area contributed by atoms with Crippen LogP contribution < -0.4 is 0 Å². The number of hydrogen-bond acceptors (Lipinski definition) is 2. The lowest BCUT2D eigenvalue weighted by atomic mass is 10.1. The van der Waals surface area contributed by atoms with Crippen molar-refractivity contribution in [2.24, 2.45) is 0 Å². The van der Waals surface area contributed by atoms with Crippen LogP contribution in [-0.2, 0) is 4.43 Å². The molecule has 2 nitrogen and oxygen atoms in total. The first-order chi connectivity index (χ1) is 10.8. The van der Waals surface area contributed by atoms with Crippen molar-refractivity contribution in [3.8, 4) is 0 Å². The number of aliphatic hydroxyl groups is 1. The topological polar surface area (TPSA) is 29.5 Å². The molecule has 0 aliphatic rings. The minimum Gasteiger partial charge on any atom is -0.417 e. The molecule has 23 heavy (non-hydrogen) atoms. The second kappa shape index (κ2) is 9.24. The molecule has 0 aliphatic carbocycles. The van der Waals surface area contributed by atoms with Crippen molar-refractivity contribution < 1.29 is 9.53 Å². The summed E-state index contributed by atoms with van der Waals surface area (Å²) in [7, 11) is -1.65. The first kappa shape index (κ1) is 19.9. The molecule has 0 aromatic heterocycles. The van der Waals surface area contributed by atoms with Gasteiger partial charge in [0.15, 0.2) is 8.32 Å². The van der Waals surface area contributed by atoms with E-state index in [0.29, 0.717) is 6.42 Å². The van der Waals surface area contributed by atoms with E-state index in [1.165, 1.54) is 0 Å². The Morgan fingerprint density at radius 2 is 1.83 bits per heavy atom. The van der Waals surface area contributed by atoms with Gasteiger partial charge in [0, 0.05) is 13.2 Å². The molecule has 1 N–H and O–H groups in total. The fourth-order valence-corrected chi connectivity index (χ4v) is 3.06. The fourth-order valence-electron chi connectivity index (χ4n) is 1.97. The molecule has 0 saturated carbocycles. The van der Waals surface area contributed by atoms with Gasteiger partial charge in [-0.15, -0.1) is 5.73 Å². The third-order valence-corrected chi connectivity index (χ3v) is 9.09. The highest BCUT2D eigenvalue weighted by Gasteiger charge is 2.36. The zero-order valence-electron chi connectivity index (χ0n) is 15.4. The molecule has 1 aromatic carbocycles. The van der Waals surface area contributed by atoms with Gasteiger partial charge in [-0.25, -0.2) is 0 Å². The highest BCUT2D eigenvalue weighted by molar-refractivity contribution is 6.74. The Balaban J connectivity index is 2.56. The molecule has 0 amide bonds. The number of hydrogen-bond donors (Lipinski definition) is 1. The van der Waals surface area contributed by atoms with Crippen molar-refractivity contribution in [3.05, 3.63) is 47.2 Å². The Kier molecular flexibility index (Phi) is 8.00. The van der Waals surface area contributed by atoms with Gasteiger partial charge < -0.3 is 9.53 Å². The molecule has 128 valence electrons. The minimum absolute atomic E-state index is 0.175. The van der Waals surface area contributed by atoms with Crippen molar-refractivity contribution in [2.75, 3.05) is 13.2 Å². The van der Waals surface area contributed by atoms with Crippen LogP contribution in [0.1, 0.15) is 45.6 Å². The van der Waals surface area contributed by atoms with Crippen LogP contribution in [0.4, 0.5) is 0 Å². The van der Waals surface area contributed by atoms with Crippen LogP contribution >= 0.6 is 0 Å². The van der Waals surface area contributed by atoms with E-state index < -0.39 is 8.32 Å². The molecule has 1 rings (SSSR count). The molecule has 0 fully saturated rings. The Labute approximate surface area is 143 Å². The van der Waals surface area contributed by atoms with Crippen molar-refractivity contribution in [2.45, 2.75) is 58.2 Å². The largest absolute Gasteiger partial charge is 0.417 e. The molecule has 3 heteroatoms. The minimum atomic E-state index is -1.65. The predicted octanol–water partition coefficient (Wildman–Crippen LogP) is 5.41. The summed E-state index contributed by atoms with van der Waals surface area (Å²) < 4.78 is 6.21. The van der Waals surface area contributed by atoms with Gasteiger partial charge in [0.25, 0.3) is 0 Å². The van der Waals surface area contributed by atoms with Gasteiger partial charge in [0.05, 0.1) is 0 Å². The van der Waals surface area contributed by atoms with Crippen LogP contribution in [0, 0.1) is 0 Å². The lowest BCUT2D eigenvalue weighted by molar-refractivity contribution is 0.277. The predicted molar refractivity (Wildman–Crippen MR) is 102 cm³/mol. The van der Waals surface area contributed by atoms with E-state index in [2.05, 4.69) is 51.7 Å². The van der Waals surface area contributed by atoms with E-state index in [4.69, 9.17) is 4.43 Å². The highest BCUT2D eigenvalue weighted by Crippen LogP contribution is 2.36. The average molecular weight is 333 g/mol. The number of benzene rings is 1. The normalized spacial score (nSPS) is 11.9. The van der Waals surface area contributed by atoms with Crippen LogP contribution in [0.15, 0.2) is 41.6 Å². The van der Waals surface area contributed by atoms with E-state index in [-0.39, 0.29) is 11.6 Å². The van der Waals surface area contributed by atoms with E-state index in [1.54, 1.807) is 0 Å². The third kappa shape index (κ3) is 7.32. The lowest BCUT2D eigenvalue weighted by Gasteiger charge is -2.36. The molecule has 1 aromatic rings. The van der Waals surface area contributed by atoms with Crippen LogP contribution in [0.3, 0.4) is 0 Å². The summed E-state index contributed by atoms with van der Waals surface area (Å²) in [6.07, 6.45) is 4.60. The Morgan fingerprint density at radius 3 is 2.39 bits per heavy atom. The van der Waals surface area contributed by atoms with Crippen molar-refractivity contribution in [3.63, 3.8) is 0 Å². The van der Waals surface area contributed by atoms with Gasteiger partial charge in [-0.3, -0.25) is 0 Å². The Morgan fingerprint density at radius 1 is 1.17 bits per heavy atom. The van der Waals surface area contributed by atoms with Crippen LogP contribution in [0.25, 0.3) is 6.08 Å². The molecular formula is C20H32O2Si. The Bertz CT molecular complexity index is 520.